The summed E-state index contributed by atoms with van der Waals surface area (Å²) in [6, 6.07) is 8.25. The van der Waals surface area contributed by atoms with E-state index in [1.54, 1.807) is 30.6 Å². The standard InChI is InChI=1S/C18H15N3O5/c1-11(22)15-16(13-5-2-6-14(8-13)21(25)26)20(18(24)17(15)23)10-12-4-3-7-19-9-12/h2-9,16,23H,10H2,1H3. The van der Waals surface area contributed by atoms with Crippen LogP contribution < -0.4 is 0 Å². The van der Waals surface area contributed by atoms with Crippen LogP contribution in [0.2, 0.25) is 0 Å². The zero-order valence-corrected chi connectivity index (χ0v) is 13.8. The second kappa shape index (κ2) is 6.75. The second-order valence-electron chi connectivity index (χ2n) is 5.87. The van der Waals surface area contributed by atoms with Crippen LogP contribution in [0.15, 0.2) is 60.1 Å². The summed E-state index contributed by atoms with van der Waals surface area (Å²) in [4.78, 5) is 40.4. The molecule has 1 aromatic heterocycles. The van der Waals surface area contributed by atoms with Gasteiger partial charge in [0.25, 0.3) is 11.6 Å². The molecule has 8 heteroatoms. The lowest BCUT2D eigenvalue weighted by molar-refractivity contribution is -0.384. The highest BCUT2D eigenvalue weighted by molar-refractivity contribution is 6.08. The predicted octanol–water partition coefficient (Wildman–Crippen LogP) is 2.47. The summed E-state index contributed by atoms with van der Waals surface area (Å²) >= 11 is 0. The first-order valence-electron chi connectivity index (χ1n) is 7.78. The molecule has 3 rings (SSSR count). The van der Waals surface area contributed by atoms with Crippen molar-refractivity contribution in [3.05, 3.63) is 81.4 Å². The number of aliphatic hydroxyl groups is 1. The Hall–Kier alpha value is -3.55. The van der Waals surface area contributed by atoms with Crippen LogP contribution in [0.1, 0.15) is 24.1 Å². The molecule has 0 aliphatic carbocycles. The number of non-ortho nitro benzene ring substituents is 1. The molecule has 0 bridgehead atoms. The number of hydrogen-bond donors (Lipinski definition) is 1. The molecule has 0 spiro atoms. The number of hydrogen-bond acceptors (Lipinski definition) is 6. The number of pyridine rings is 1. The molecule has 2 aromatic rings. The Labute approximate surface area is 148 Å². The third kappa shape index (κ3) is 3.04. The first-order valence-corrected chi connectivity index (χ1v) is 7.78. The maximum Gasteiger partial charge on any atom is 0.290 e. The Morgan fingerprint density at radius 1 is 1.35 bits per heavy atom. The van der Waals surface area contributed by atoms with Gasteiger partial charge in [-0.05, 0) is 24.1 Å². The number of nitrogens with zero attached hydrogens (tertiary/aromatic N) is 3. The molecule has 1 aromatic carbocycles. The average Bonchev–Trinajstić information content (AvgIpc) is 2.88. The largest absolute Gasteiger partial charge is 0.503 e. The molecule has 1 aliphatic rings. The minimum Gasteiger partial charge on any atom is -0.503 e. The fourth-order valence-corrected chi connectivity index (χ4v) is 3.02. The van der Waals surface area contributed by atoms with Gasteiger partial charge >= 0.3 is 0 Å². The summed E-state index contributed by atoms with van der Waals surface area (Å²) in [5, 5.41) is 21.3. The summed E-state index contributed by atoms with van der Waals surface area (Å²) in [7, 11) is 0. The molecule has 1 unspecified atom stereocenters. The second-order valence-corrected chi connectivity index (χ2v) is 5.87. The fourth-order valence-electron chi connectivity index (χ4n) is 3.02. The Kier molecular flexibility index (Phi) is 4.49. The number of carbonyl (C=O) groups is 2. The smallest absolute Gasteiger partial charge is 0.290 e. The normalized spacial score (nSPS) is 16.9. The lowest BCUT2D eigenvalue weighted by Crippen LogP contribution is -2.30. The SMILES string of the molecule is CC(=O)C1=C(O)C(=O)N(Cc2cccnc2)C1c1cccc([N+](=O)[O-])c1. The highest BCUT2D eigenvalue weighted by Crippen LogP contribution is 2.39. The summed E-state index contributed by atoms with van der Waals surface area (Å²) < 4.78 is 0. The molecule has 2 heterocycles. The van der Waals surface area contributed by atoms with E-state index in [1.807, 2.05) is 0 Å². The lowest BCUT2D eigenvalue weighted by Gasteiger charge is -2.26. The molecule has 0 radical (unpaired) electrons. The van der Waals surface area contributed by atoms with Gasteiger partial charge in [-0.15, -0.1) is 0 Å². The average molecular weight is 353 g/mol. The van der Waals surface area contributed by atoms with Gasteiger partial charge in [0.1, 0.15) is 0 Å². The number of benzene rings is 1. The summed E-state index contributed by atoms with van der Waals surface area (Å²) in [6.45, 7) is 1.34. The number of nitro benzene ring substituents is 1. The Bertz CT molecular complexity index is 923. The lowest BCUT2D eigenvalue weighted by atomic mass is 9.96. The van der Waals surface area contributed by atoms with Crippen LogP contribution in [0.5, 0.6) is 0 Å². The van der Waals surface area contributed by atoms with Crippen molar-refractivity contribution in [3.63, 3.8) is 0 Å². The van der Waals surface area contributed by atoms with Crippen LogP contribution in [-0.4, -0.2) is 31.6 Å². The van der Waals surface area contributed by atoms with Gasteiger partial charge in [0.15, 0.2) is 11.5 Å². The maximum absolute atomic E-state index is 12.5. The van der Waals surface area contributed by atoms with Gasteiger partial charge in [-0.2, -0.15) is 0 Å². The van der Waals surface area contributed by atoms with Crippen LogP contribution in [0.25, 0.3) is 0 Å². The first kappa shape index (κ1) is 17.3. The third-order valence-corrected chi connectivity index (χ3v) is 4.16. The van der Waals surface area contributed by atoms with Crippen molar-refractivity contribution >= 4 is 17.4 Å². The molecule has 0 fully saturated rings. The Morgan fingerprint density at radius 2 is 2.12 bits per heavy atom. The number of nitro groups is 1. The maximum atomic E-state index is 12.5. The molecule has 1 aliphatic heterocycles. The third-order valence-electron chi connectivity index (χ3n) is 4.16. The zero-order chi connectivity index (χ0) is 18.8. The minimum absolute atomic E-state index is 0.0700. The van der Waals surface area contributed by atoms with Gasteiger partial charge in [0.05, 0.1) is 16.5 Å². The summed E-state index contributed by atoms with van der Waals surface area (Å²) in [6.07, 6.45) is 3.16. The van der Waals surface area contributed by atoms with E-state index in [1.165, 1.54) is 30.0 Å². The summed E-state index contributed by atoms with van der Waals surface area (Å²) in [5.41, 5.74) is 0.851. The van der Waals surface area contributed by atoms with Gasteiger partial charge in [-0.1, -0.05) is 18.2 Å². The van der Waals surface area contributed by atoms with Crippen molar-refractivity contribution in [2.24, 2.45) is 0 Å². The molecule has 0 saturated carbocycles. The van der Waals surface area contributed by atoms with Crippen LogP contribution in [0, 0.1) is 10.1 Å². The monoisotopic (exact) mass is 353 g/mol. The van der Waals surface area contributed by atoms with E-state index in [-0.39, 0.29) is 17.8 Å². The van der Waals surface area contributed by atoms with Crippen molar-refractivity contribution < 1.29 is 19.6 Å². The van der Waals surface area contributed by atoms with Crippen molar-refractivity contribution in [2.75, 3.05) is 0 Å². The quantitative estimate of drug-likeness (QED) is 0.652. The first-order chi connectivity index (χ1) is 12.4. The number of rotatable bonds is 5. The van der Waals surface area contributed by atoms with Crippen molar-refractivity contribution in [3.8, 4) is 0 Å². The topological polar surface area (TPSA) is 114 Å². The number of ketones is 1. The number of Topliss-reactive ketones (excluding diaryl/α,β-unsaturated/α-hetero) is 1. The van der Waals surface area contributed by atoms with Crippen molar-refractivity contribution in [1.29, 1.82) is 0 Å². The number of carbonyl (C=O) groups excluding carboxylic acids is 2. The Morgan fingerprint density at radius 3 is 2.73 bits per heavy atom. The zero-order valence-electron chi connectivity index (χ0n) is 13.8. The number of aromatic nitrogens is 1. The van der Waals surface area contributed by atoms with Crippen LogP contribution in [-0.2, 0) is 16.1 Å². The van der Waals surface area contributed by atoms with E-state index >= 15 is 0 Å². The number of amides is 1. The highest BCUT2D eigenvalue weighted by Gasteiger charge is 2.42. The van der Waals surface area contributed by atoms with Crippen molar-refractivity contribution in [1.82, 2.24) is 9.88 Å². The van der Waals surface area contributed by atoms with E-state index in [0.717, 1.165) is 0 Å². The molecule has 0 saturated heterocycles. The molecular weight excluding hydrogens is 338 g/mol. The predicted molar refractivity (Wildman–Crippen MR) is 91.0 cm³/mol. The molecule has 26 heavy (non-hydrogen) atoms. The molecule has 1 N–H and O–H groups in total. The van der Waals surface area contributed by atoms with E-state index < -0.39 is 28.4 Å². The van der Waals surface area contributed by atoms with Crippen LogP contribution in [0.4, 0.5) is 5.69 Å². The van der Waals surface area contributed by atoms with E-state index in [9.17, 15) is 24.8 Å². The highest BCUT2D eigenvalue weighted by atomic mass is 16.6. The van der Waals surface area contributed by atoms with E-state index in [2.05, 4.69) is 4.98 Å². The van der Waals surface area contributed by atoms with E-state index in [4.69, 9.17) is 0 Å². The molecule has 132 valence electrons. The molecule has 1 atom stereocenters. The molecule has 1 amide bonds. The van der Waals surface area contributed by atoms with Gasteiger partial charge in [-0.3, -0.25) is 24.7 Å². The van der Waals surface area contributed by atoms with E-state index in [0.29, 0.717) is 11.1 Å². The van der Waals surface area contributed by atoms with Gasteiger partial charge in [0, 0.05) is 31.1 Å². The van der Waals surface area contributed by atoms with Gasteiger partial charge < -0.3 is 10.0 Å². The summed E-state index contributed by atoms with van der Waals surface area (Å²) in [5.74, 6) is -1.80. The number of aliphatic hydroxyl groups excluding tert-OH is 1. The van der Waals surface area contributed by atoms with Crippen LogP contribution in [0.3, 0.4) is 0 Å². The minimum atomic E-state index is -0.903. The molecule has 8 nitrogen and oxygen atoms in total. The van der Waals surface area contributed by atoms with Gasteiger partial charge in [0.2, 0.25) is 0 Å². The molecular formula is C18H15N3O5. The fraction of sp³-hybridized carbons (Fsp3) is 0.167. The van der Waals surface area contributed by atoms with Gasteiger partial charge in [-0.25, -0.2) is 0 Å². The Balaban J connectivity index is 2.09. The van der Waals surface area contributed by atoms with Crippen LogP contribution >= 0.6 is 0 Å². The van der Waals surface area contributed by atoms with Crippen molar-refractivity contribution in [2.45, 2.75) is 19.5 Å².